The van der Waals surface area contributed by atoms with E-state index in [-0.39, 0.29) is 30.4 Å². The molecule has 2 unspecified atom stereocenters. The average molecular weight is 351 g/mol. The topological polar surface area (TPSA) is 61.9 Å². The molecule has 0 aromatic heterocycles. The Kier molecular flexibility index (Phi) is 3.77. The number of fused-ring (bicyclic) bond motifs is 1. The molecule has 0 bridgehead atoms. The first kappa shape index (κ1) is 16.1. The predicted octanol–water partition coefficient (Wildman–Crippen LogP) is 1.88. The summed E-state index contributed by atoms with van der Waals surface area (Å²) in [6.07, 6.45) is -0.0788. The number of cyclic esters (lactones) is 1. The van der Waals surface area contributed by atoms with Crippen molar-refractivity contribution in [3.63, 3.8) is 0 Å². The van der Waals surface area contributed by atoms with Crippen molar-refractivity contribution in [2.24, 2.45) is 11.8 Å². The summed E-state index contributed by atoms with van der Waals surface area (Å²) in [7, 11) is 0. The van der Waals surface area contributed by atoms with E-state index in [9.17, 15) is 18.4 Å². The molecule has 25 heavy (non-hydrogen) atoms. The Labute approximate surface area is 143 Å². The van der Waals surface area contributed by atoms with Gasteiger partial charge in [-0.15, -0.1) is 0 Å². The van der Waals surface area contributed by atoms with Gasteiger partial charge in [0.05, 0.1) is 18.8 Å². The van der Waals surface area contributed by atoms with Crippen LogP contribution in [0.1, 0.15) is 13.3 Å². The monoisotopic (exact) mass is 351 g/mol. The van der Waals surface area contributed by atoms with Crippen molar-refractivity contribution in [3.05, 3.63) is 23.8 Å². The number of ether oxygens (including phenoxy) is 1. The number of piperidine rings is 1. The van der Waals surface area contributed by atoms with Crippen molar-refractivity contribution < 1.29 is 23.1 Å². The van der Waals surface area contributed by atoms with Gasteiger partial charge < -0.3 is 15.0 Å². The minimum absolute atomic E-state index is 0.0155. The highest BCUT2D eigenvalue weighted by molar-refractivity contribution is 5.90. The first-order valence-corrected chi connectivity index (χ1v) is 8.39. The maximum absolute atomic E-state index is 14.5. The van der Waals surface area contributed by atoms with E-state index in [0.717, 1.165) is 6.42 Å². The fourth-order valence-corrected chi connectivity index (χ4v) is 3.69. The van der Waals surface area contributed by atoms with Crippen LogP contribution in [0.15, 0.2) is 12.1 Å². The zero-order chi connectivity index (χ0) is 17.7. The van der Waals surface area contributed by atoms with Gasteiger partial charge in [0.15, 0.2) is 11.6 Å². The molecule has 1 saturated carbocycles. The van der Waals surface area contributed by atoms with Gasteiger partial charge in [0.2, 0.25) is 5.91 Å². The van der Waals surface area contributed by atoms with E-state index in [1.54, 1.807) is 4.90 Å². The second kappa shape index (κ2) is 5.86. The lowest BCUT2D eigenvalue weighted by Gasteiger charge is -2.23. The molecular formula is C17H19F2N3O3. The van der Waals surface area contributed by atoms with Gasteiger partial charge in [-0.2, -0.15) is 0 Å². The summed E-state index contributed by atoms with van der Waals surface area (Å²) < 4.78 is 34.2. The fraction of sp³-hybridized carbons (Fsp3) is 0.529. The van der Waals surface area contributed by atoms with Crippen LogP contribution in [0.2, 0.25) is 0 Å². The van der Waals surface area contributed by atoms with Gasteiger partial charge in [-0.25, -0.2) is 13.6 Å². The zero-order valence-electron chi connectivity index (χ0n) is 13.8. The standard InChI is InChI=1S/C17H19F2N3O3/c1-9(23)20-5-13-8-22(17(24)25-13)12-3-14(18)16(15(19)4-12)21-6-10-2-11(10)7-21/h3-4,10-11,13H,2,5-8H2,1H3,(H,20,23)/t10?,11?,13-/m0/s1. The van der Waals surface area contributed by atoms with Gasteiger partial charge in [0, 0.05) is 32.1 Å². The lowest BCUT2D eigenvalue weighted by molar-refractivity contribution is -0.119. The third kappa shape index (κ3) is 3.01. The lowest BCUT2D eigenvalue weighted by Crippen LogP contribution is -2.33. The molecule has 1 N–H and O–H groups in total. The van der Waals surface area contributed by atoms with Gasteiger partial charge in [-0.05, 0) is 18.3 Å². The Morgan fingerprint density at radius 1 is 1.24 bits per heavy atom. The summed E-state index contributed by atoms with van der Waals surface area (Å²) in [5.41, 5.74) is 0.108. The number of carbonyl (C=O) groups excluding carboxylic acids is 2. The summed E-state index contributed by atoms with van der Waals surface area (Å²) in [5, 5.41) is 2.56. The Bertz CT molecular complexity index is 709. The number of anilines is 2. The normalized spacial score (nSPS) is 27.3. The van der Waals surface area contributed by atoms with Crippen LogP contribution in [0.4, 0.5) is 25.0 Å². The number of halogens is 2. The molecule has 0 radical (unpaired) electrons. The van der Waals surface area contributed by atoms with Crippen molar-refractivity contribution >= 4 is 23.4 Å². The number of nitrogens with zero attached hydrogens (tertiary/aromatic N) is 2. The first-order chi connectivity index (χ1) is 11.9. The SMILES string of the molecule is CC(=O)NC[C@H]1CN(c2cc(F)c(N3CC4CC4C3)c(F)c2)C(=O)O1. The molecule has 2 aliphatic heterocycles. The maximum atomic E-state index is 14.5. The zero-order valence-corrected chi connectivity index (χ0v) is 13.8. The Morgan fingerprint density at radius 2 is 1.88 bits per heavy atom. The third-order valence-electron chi connectivity index (χ3n) is 5.06. The molecular weight excluding hydrogens is 332 g/mol. The second-order valence-electron chi connectivity index (χ2n) is 6.97. The molecule has 4 rings (SSSR count). The van der Waals surface area contributed by atoms with Crippen LogP contribution < -0.4 is 15.1 Å². The molecule has 3 aliphatic rings. The summed E-state index contributed by atoms with van der Waals surface area (Å²) in [5.74, 6) is -0.466. The summed E-state index contributed by atoms with van der Waals surface area (Å²) >= 11 is 0. The van der Waals surface area contributed by atoms with Gasteiger partial charge in [0.25, 0.3) is 0 Å². The highest BCUT2D eigenvalue weighted by atomic mass is 19.1. The number of hydrogen-bond donors (Lipinski definition) is 1. The third-order valence-corrected chi connectivity index (χ3v) is 5.06. The minimum Gasteiger partial charge on any atom is -0.442 e. The lowest BCUT2D eigenvalue weighted by atomic mass is 10.2. The van der Waals surface area contributed by atoms with E-state index in [1.807, 2.05) is 0 Å². The van der Waals surface area contributed by atoms with E-state index in [2.05, 4.69) is 5.32 Å². The molecule has 0 spiro atoms. The number of rotatable bonds is 4. The Morgan fingerprint density at radius 3 is 2.48 bits per heavy atom. The van der Waals surface area contributed by atoms with Gasteiger partial charge in [0.1, 0.15) is 11.8 Å². The van der Waals surface area contributed by atoms with Crippen LogP contribution in [0.3, 0.4) is 0 Å². The molecule has 2 heterocycles. The number of benzene rings is 1. The highest BCUT2D eigenvalue weighted by Gasteiger charge is 2.46. The van der Waals surface area contributed by atoms with Crippen molar-refractivity contribution in [1.82, 2.24) is 5.32 Å². The maximum Gasteiger partial charge on any atom is 0.414 e. The van der Waals surface area contributed by atoms with Gasteiger partial charge in [-0.1, -0.05) is 0 Å². The van der Waals surface area contributed by atoms with E-state index in [4.69, 9.17) is 4.74 Å². The summed E-state index contributed by atoms with van der Waals surface area (Å²) in [6.45, 7) is 3.02. The molecule has 2 saturated heterocycles. The van der Waals surface area contributed by atoms with Crippen LogP contribution in [-0.2, 0) is 9.53 Å². The molecule has 1 aromatic rings. The van der Waals surface area contributed by atoms with Crippen LogP contribution in [0, 0.1) is 23.5 Å². The van der Waals surface area contributed by atoms with Gasteiger partial charge >= 0.3 is 6.09 Å². The van der Waals surface area contributed by atoms with Crippen LogP contribution >= 0.6 is 0 Å². The Hall–Kier alpha value is -2.38. The molecule has 3 fully saturated rings. The minimum atomic E-state index is -0.677. The molecule has 8 heteroatoms. The quantitative estimate of drug-likeness (QED) is 0.900. The van der Waals surface area contributed by atoms with Crippen molar-refractivity contribution in [2.75, 3.05) is 36.0 Å². The van der Waals surface area contributed by atoms with Gasteiger partial charge in [-0.3, -0.25) is 9.69 Å². The average Bonchev–Trinajstić information content (AvgIpc) is 2.97. The van der Waals surface area contributed by atoms with E-state index in [1.165, 1.54) is 24.0 Å². The van der Waals surface area contributed by atoms with Crippen molar-refractivity contribution in [3.8, 4) is 0 Å². The molecule has 1 aliphatic carbocycles. The summed E-state index contributed by atoms with van der Waals surface area (Å²) in [6, 6.07) is 2.34. The number of amides is 2. The second-order valence-corrected chi connectivity index (χ2v) is 6.97. The molecule has 1 aromatic carbocycles. The van der Waals surface area contributed by atoms with Crippen LogP contribution in [-0.4, -0.2) is 44.3 Å². The predicted molar refractivity (Wildman–Crippen MR) is 86.5 cm³/mol. The van der Waals surface area contributed by atoms with Crippen molar-refractivity contribution in [1.29, 1.82) is 0 Å². The number of carbonyl (C=O) groups is 2. The highest BCUT2D eigenvalue weighted by Crippen LogP contribution is 2.47. The van der Waals surface area contributed by atoms with E-state index >= 15 is 0 Å². The largest absolute Gasteiger partial charge is 0.442 e. The number of hydrogen-bond acceptors (Lipinski definition) is 4. The smallest absolute Gasteiger partial charge is 0.414 e. The Balaban J connectivity index is 1.51. The van der Waals surface area contributed by atoms with Crippen LogP contribution in [0.25, 0.3) is 0 Å². The van der Waals surface area contributed by atoms with Crippen LogP contribution in [0.5, 0.6) is 0 Å². The molecule has 3 atom stereocenters. The van der Waals surface area contributed by atoms with E-state index in [0.29, 0.717) is 24.9 Å². The summed E-state index contributed by atoms with van der Waals surface area (Å²) in [4.78, 5) is 25.9. The molecule has 2 amide bonds. The first-order valence-electron chi connectivity index (χ1n) is 8.39. The molecule has 6 nitrogen and oxygen atoms in total. The van der Waals surface area contributed by atoms with Crippen molar-refractivity contribution in [2.45, 2.75) is 19.4 Å². The molecule has 134 valence electrons. The number of nitrogens with one attached hydrogen (secondary N) is 1. The van der Waals surface area contributed by atoms with E-state index < -0.39 is 23.8 Å². The fourth-order valence-electron chi connectivity index (χ4n) is 3.69.